The third-order valence-corrected chi connectivity index (χ3v) is 3.00. The molecule has 0 unspecified atom stereocenters. The summed E-state index contributed by atoms with van der Waals surface area (Å²) < 4.78 is 0. The molecule has 22 heavy (non-hydrogen) atoms. The maximum atomic E-state index is 11.8. The van der Waals surface area contributed by atoms with Crippen molar-refractivity contribution in [3.8, 4) is 0 Å². The minimum atomic E-state index is -0.473. The summed E-state index contributed by atoms with van der Waals surface area (Å²) in [5.41, 5.74) is 1.25. The molecule has 2 N–H and O–H groups in total. The van der Waals surface area contributed by atoms with E-state index in [2.05, 4.69) is 15.6 Å². The van der Waals surface area contributed by atoms with Crippen LogP contribution < -0.4 is 10.6 Å². The Bertz CT molecular complexity index is 674. The number of pyridine rings is 1. The zero-order chi connectivity index (χ0) is 15.9. The predicted octanol–water partition coefficient (Wildman–Crippen LogP) is 2.74. The van der Waals surface area contributed by atoms with Gasteiger partial charge in [0.1, 0.15) is 12.0 Å². The van der Waals surface area contributed by atoms with Gasteiger partial charge in [-0.05, 0) is 25.1 Å². The van der Waals surface area contributed by atoms with Gasteiger partial charge in [-0.25, -0.2) is 4.98 Å². The van der Waals surface area contributed by atoms with Crippen LogP contribution in [0.3, 0.4) is 0 Å². The number of rotatable bonds is 6. The molecule has 7 nitrogen and oxygen atoms in total. The normalized spacial score (nSPS) is 10.0. The molecular formula is C15H16N4O3. The fourth-order valence-electron chi connectivity index (χ4n) is 1.89. The summed E-state index contributed by atoms with van der Waals surface area (Å²) in [7, 11) is 0. The first kappa shape index (κ1) is 15.4. The maximum absolute atomic E-state index is 11.8. The number of para-hydroxylation sites is 1. The molecule has 0 atom stereocenters. The number of nitrogens with zero attached hydrogens (tertiary/aromatic N) is 2. The second kappa shape index (κ2) is 7.16. The van der Waals surface area contributed by atoms with Crippen LogP contribution in [0.2, 0.25) is 0 Å². The molecule has 2 rings (SSSR count). The number of hydrogen-bond acceptors (Lipinski definition) is 5. The molecule has 0 aliphatic rings. The van der Waals surface area contributed by atoms with Gasteiger partial charge in [-0.1, -0.05) is 18.2 Å². The van der Waals surface area contributed by atoms with Crippen molar-refractivity contribution in [2.45, 2.75) is 13.3 Å². The van der Waals surface area contributed by atoms with Crippen molar-refractivity contribution in [2.24, 2.45) is 0 Å². The summed E-state index contributed by atoms with van der Waals surface area (Å²) in [5.74, 6) is 0.396. The van der Waals surface area contributed by atoms with Crippen molar-refractivity contribution >= 4 is 23.1 Å². The number of amides is 1. The first-order valence-electron chi connectivity index (χ1n) is 6.76. The Morgan fingerprint density at radius 1 is 1.32 bits per heavy atom. The van der Waals surface area contributed by atoms with Crippen molar-refractivity contribution in [2.75, 3.05) is 17.2 Å². The highest BCUT2D eigenvalue weighted by molar-refractivity contribution is 5.90. The van der Waals surface area contributed by atoms with Crippen LogP contribution in [-0.4, -0.2) is 22.4 Å². The zero-order valence-corrected chi connectivity index (χ0v) is 12.1. The van der Waals surface area contributed by atoms with Gasteiger partial charge in [0.05, 0.1) is 4.92 Å². The lowest BCUT2D eigenvalue weighted by Gasteiger charge is -2.07. The number of carbonyl (C=O) groups excluding carboxylic acids is 1. The predicted molar refractivity (Wildman–Crippen MR) is 83.8 cm³/mol. The van der Waals surface area contributed by atoms with E-state index in [9.17, 15) is 14.9 Å². The summed E-state index contributed by atoms with van der Waals surface area (Å²) in [6.07, 6.45) is 1.48. The lowest BCUT2D eigenvalue weighted by atomic mass is 10.2. The van der Waals surface area contributed by atoms with Gasteiger partial charge < -0.3 is 10.6 Å². The van der Waals surface area contributed by atoms with Crippen molar-refractivity contribution in [3.63, 3.8) is 0 Å². The quantitative estimate of drug-likeness (QED) is 0.631. The van der Waals surface area contributed by atoms with Crippen molar-refractivity contribution in [1.29, 1.82) is 0 Å². The summed E-state index contributed by atoms with van der Waals surface area (Å²) in [6, 6.07) is 10.8. The molecule has 1 aromatic carbocycles. The largest absolute Gasteiger partial charge is 0.370 e. The van der Waals surface area contributed by atoms with Crippen LogP contribution in [-0.2, 0) is 4.79 Å². The van der Waals surface area contributed by atoms with E-state index >= 15 is 0 Å². The molecule has 1 aromatic heterocycles. The first-order chi connectivity index (χ1) is 10.6. The Morgan fingerprint density at radius 2 is 2.05 bits per heavy atom. The van der Waals surface area contributed by atoms with E-state index in [0.29, 0.717) is 17.9 Å². The van der Waals surface area contributed by atoms with E-state index in [1.165, 1.54) is 6.20 Å². The third kappa shape index (κ3) is 4.27. The molecule has 7 heteroatoms. The minimum Gasteiger partial charge on any atom is -0.370 e. The van der Waals surface area contributed by atoms with Crippen LogP contribution in [0.15, 0.2) is 42.6 Å². The highest BCUT2D eigenvalue weighted by Gasteiger charge is 2.11. The molecule has 0 radical (unpaired) electrons. The van der Waals surface area contributed by atoms with Crippen molar-refractivity contribution < 1.29 is 9.72 Å². The Morgan fingerprint density at radius 3 is 2.68 bits per heavy atom. The van der Waals surface area contributed by atoms with Gasteiger partial charge in [0.15, 0.2) is 0 Å². The van der Waals surface area contributed by atoms with E-state index in [-0.39, 0.29) is 18.0 Å². The molecular weight excluding hydrogens is 284 g/mol. The molecule has 114 valence electrons. The molecule has 0 spiro atoms. The molecule has 0 fully saturated rings. The number of benzene rings is 1. The molecule has 0 aliphatic carbocycles. The lowest BCUT2D eigenvalue weighted by molar-refractivity contribution is -0.385. The monoisotopic (exact) mass is 300 g/mol. The van der Waals surface area contributed by atoms with Gasteiger partial charge in [0, 0.05) is 24.2 Å². The van der Waals surface area contributed by atoms with Gasteiger partial charge in [0.25, 0.3) is 5.69 Å². The Balaban J connectivity index is 1.82. The fourth-order valence-corrected chi connectivity index (χ4v) is 1.89. The second-order valence-electron chi connectivity index (χ2n) is 4.70. The van der Waals surface area contributed by atoms with Crippen LogP contribution >= 0.6 is 0 Å². The highest BCUT2D eigenvalue weighted by Crippen LogP contribution is 2.18. The summed E-state index contributed by atoms with van der Waals surface area (Å²) in [4.78, 5) is 25.9. The number of nitro groups is 1. The lowest BCUT2D eigenvalue weighted by Crippen LogP contribution is -2.16. The maximum Gasteiger partial charge on any atom is 0.290 e. The van der Waals surface area contributed by atoms with Crippen molar-refractivity contribution in [1.82, 2.24) is 4.98 Å². The number of aromatic nitrogens is 1. The molecule has 0 saturated carbocycles. The fraction of sp³-hybridized carbons (Fsp3) is 0.200. The summed E-state index contributed by atoms with van der Waals surface area (Å²) in [5, 5.41) is 16.5. The highest BCUT2D eigenvalue weighted by atomic mass is 16.6. The van der Waals surface area contributed by atoms with Gasteiger partial charge in [-0.3, -0.25) is 14.9 Å². The van der Waals surface area contributed by atoms with Gasteiger partial charge in [-0.15, -0.1) is 0 Å². The Labute approximate surface area is 127 Å². The standard InChI is InChI=1S/C15H16N4O3/c1-11-9-14(17-10-13(11)19(21)22)16-8-7-15(20)18-12-5-3-2-4-6-12/h2-6,9-10H,7-8H2,1H3,(H,16,17)(H,18,20). The number of hydrogen-bond donors (Lipinski definition) is 2. The second-order valence-corrected chi connectivity index (χ2v) is 4.70. The van der Waals surface area contributed by atoms with E-state index in [1.807, 2.05) is 30.3 Å². The summed E-state index contributed by atoms with van der Waals surface area (Å²) in [6.45, 7) is 2.04. The average molecular weight is 300 g/mol. The van der Waals surface area contributed by atoms with Gasteiger partial charge in [0.2, 0.25) is 5.91 Å². The van der Waals surface area contributed by atoms with Crippen LogP contribution in [0, 0.1) is 17.0 Å². The average Bonchev–Trinajstić information content (AvgIpc) is 2.48. The molecule has 1 amide bonds. The van der Waals surface area contributed by atoms with E-state index < -0.39 is 4.92 Å². The number of nitrogens with one attached hydrogen (secondary N) is 2. The van der Waals surface area contributed by atoms with Crippen LogP contribution in [0.5, 0.6) is 0 Å². The smallest absolute Gasteiger partial charge is 0.290 e. The van der Waals surface area contributed by atoms with Gasteiger partial charge in [-0.2, -0.15) is 0 Å². The molecule has 0 bridgehead atoms. The Kier molecular flexibility index (Phi) is 5.02. The SMILES string of the molecule is Cc1cc(NCCC(=O)Nc2ccccc2)ncc1[N+](=O)[O-]. The molecule has 1 heterocycles. The first-order valence-corrected chi connectivity index (χ1v) is 6.76. The number of anilines is 2. The molecule has 2 aromatic rings. The topological polar surface area (TPSA) is 97.2 Å². The summed E-state index contributed by atoms with van der Waals surface area (Å²) >= 11 is 0. The zero-order valence-electron chi connectivity index (χ0n) is 12.1. The van der Waals surface area contributed by atoms with Crippen LogP contribution in [0.25, 0.3) is 0 Å². The molecule has 0 aliphatic heterocycles. The molecule has 0 saturated heterocycles. The van der Waals surface area contributed by atoms with E-state index in [0.717, 1.165) is 5.69 Å². The van der Waals surface area contributed by atoms with E-state index in [4.69, 9.17) is 0 Å². The van der Waals surface area contributed by atoms with Crippen LogP contribution in [0.1, 0.15) is 12.0 Å². The Hall–Kier alpha value is -2.96. The number of aryl methyl sites for hydroxylation is 1. The van der Waals surface area contributed by atoms with Crippen molar-refractivity contribution in [3.05, 3.63) is 58.3 Å². The van der Waals surface area contributed by atoms with Gasteiger partial charge >= 0.3 is 0 Å². The van der Waals surface area contributed by atoms with Crippen LogP contribution in [0.4, 0.5) is 17.2 Å². The minimum absolute atomic E-state index is 0.0210. The third-order valence-electron chi connectivity index (χ3n) is 3.00. The number of carbonyl (C=O) groups is 1. The van der Waals surface area contributed by atoms with E-state index in [1.54, 1.807) is 13.0 Å².